The molecule has 0 atom stereocenters. The third kappa shape index (κ3) is 2.90. The first-order valence-corrected chi connectivity index (χ1v) is 5.04. The maximum atomic E-state index is 11.5. The minimum atomic E-state index is -0.461. The molecule has 0 spiro atoms. The van der Waals surface area contributed by atoms with Crippen LogP contribution in [0.1, 0.15) is 35.3 Å². The lowest BCUT2D eigenvalue weighted by molar-refractivity contribution is 0.00753. The van der Waals surface area contributed by atoms with Crippen molar-refractivity contribution in [3.05, 3.63) is 21.9 Å². The summed E-state index contributed by atoms with van der Waals surface area (Å²) in [5.74, 6) is 2.16. The second-order valence-corrected chi connectivity index (χ2v) is 4.89. The zero-order valence-corrected chi connectivity index (χ0v) is 9.27. The predicted molar refractivity (Wildman–Crippen MR) is 57.4 cm³/mol. The summed E-state index contributed by atoms with van der Waals surface area (Å²) in [5, 5.41) is 0. The molecule has 0 saturated heterocycles. The standard InChI is InChI=1S/C11H12O2S/c1-5-8-6-7-9(14-8)10(12)13-11(2,3)4/h1,6-7H,2-4H3. The van der Waals surface area contributed by atoms with Crippen LogP contribution in [0.5, 0.6) is 0 Å². The lowest BCUT2D eigenvalue weighted by Crippen LogP contribution is -2.23. The van der Waals surface area contributed by atoms with Crippen molar-refractivity contribution in [1.29, 1.82) is 0 Å². The number of esters is 1. The van der Waals surface area contributed by atoms with Gasteiger partial charge in [-0.2, -0.15) is 0 Å². The number of carbonyl (C=O) groups is 1. The Balaban J connectivity index is 2.76. The molecular formula is C11H12O2S. The van der Waals surface area contributed by atoms with Crippen LogP contribution >= 0.6 is 11.3 Å². The first kappa shape index (κ1) is 10.8. The van der Waals surface area contributed by atoms with Crippen molar-refractivity contribution in [3.8, 4) is 12.3 Å². The van der Waals surface area contributed by atoms with E-state index in [-0.39, 0.29) is 5.97 Å². The molecule has 0 N–H and O–H groups in total. The van der Waals surface area contributed by atoms with Gasteiger partial charge in [0.15, 0.2) is 0 Å². The first-order chi connectivity index (χ1) is 6.42. The van der Waals surface area contributed by atoms with Crippen molar-refractivity contribution in [2.45, 2.75) is 26.4 Å². The Morgan fingerprint density at radius 2 is 2.14 bits per heavy atom. The van der Waals surface area contributed by atoms with Gasteiger partial charge in [-0.3, -0.25) is 0 Å². The van der Waals surface area contributed by atoms with Crippen molar-refractivity contribution < 1.29 is 9.53 Å². The van der Waals surface area contributed by atoms with Crippen molar-refractivity contribution >= 4 is 17.3 Å². The van der Waals surface area contributed by atoms with Crippen molar-refractivity contribution in [3.63, 3.8) is 0 Å². The molecule has 0 saturated carbocycles. The van der Waals surface area contributed by atoms with E-state index < -0.39 is 5.60 Å². The van der Waals surface area contributed by atoms with E-state index in [9.17, 15) is 4.79 Å². The Morgan fingerprint density at radius 3 is 2.57 bits per heavy atom. The highest BCUT2D eigenvalue weighted by Crippen LogP contribution is 2.19. The molecule has 1 rings (SSSR count). The molecule has 0 unspecified atom stereocenters. The number of terminal acetylenes is 1. The van der Waals surface area contributed by atoms with E-state index in [4.69, 9.17) is 11.2 Å². The number of thiophene rings is 1. The van der Waals surface area contributed by atoms with Crippen LogP contribution in [-0.2, 0) is 4.74 Å². The number of carbonyl (C=O) groups excluding carboxylic acids is 1. The number of hydrogen-bond acceptors (Lipinski definition) is 3. The quantitative estimate of drug-likeness (QED) is 0.524. The average Bonchev–Trinajstić information content (AvgIpc) is 2.48. The Labute approximate surface area is 87.9 Å². The van der Waals surface area contributed by atoms with Crippen LogP contribution in [0.15, 0.2) is 12.1 Å². The number of hydrogen-bond donors (Lipinski definition) is 0. The summed E-state index contributed by atoms with van der Waals surface area (Å²) in [5.41, 5.74) is -0.461. The van der Waals surface area contributed by atoms with Crippen LogP contribution in [0.25, 0.3) is 0 Å². The van der Waals surface area contributed by atoms with Crippen LogP contribution in [0.2, 0.25) is 0 Å². The van der Waals surface area contributed by atoms with Gasteiger partial charge in [0.25, 0.3) is 0 Å². The maximum Gasteiger partial charge on any atom is 0.348 e. The Hall–Kier alpha value is -1.27. The smallest absolute Gasteiger partial charge is 0.348 e. The minimum absolute atomic E-state index is 0.316. The highest BCUT2D eigenvalue weighted by Gasteiger charge is 2.18. The van der Waals surface area contributed by atoms with Crippen LogP contribution in [-0.4, -0.2) is 11.6 Å². The highest BCUT2D eigenvalue weighted by atomic mass is 32.1. The summed E-state index contributed by atoms with van der Waals surface area (Å²) in [6.45, 7) is 5.50. The molecule has 0 bridgehead atoms. The van der Waals surface area contributed by atoms with Gasteiger partial charge in [-0.25, -0.2) is 4.79 Å². The van der Waals surface area contributed by atoms with Gasteiger partial charge in [-0.1, -0.05) is 5.92 Å². The van der Waals surface area contributed by atoms with E-state index >= 15 is 0 Å². The molecular weight excluding hydrogens is 196 g/mol. The van der Waals surface area contributed by atoms with E-state index in [2.05, 4.69) is 5.92 Å². The monoisotopic (exact) mass is 208 g/mol. The molecule has 1 aromatic heterocycles. The van der Waals surface area contributed by atoms with Crippen LogP contribution in [0.4, 0.5) is 0 Å². The SMILES string of the molecule is C#Cc1ccc(C(=O)OC(C)(C)C)s1. The molecule has 0 aromatic carbocycles. The molecule has 1 aromatic rings. The van der Waals surface area contributed by atoms with Crippen molar-refractivity contribution in [2.75, 3.05) is 0 Å². The fraction of sp³-hybridized carbons (Fsp3) is 0.364. The maximum absolute atomic E-state index is 11.5. The first-order valence-electron chi connectivity index (χ1n) is 4.22. The van der Waals surface area contributed by atoms with E-state index in [1.54, 1.807) is 12.1 Å². The lowest BCUT2D eigenvalue weighted by atomic mass is 10.2. The fourth-order valence-electron chi connectivity index (χ4n) is 0.854. The van der Waals surface area contributed by atoms with Crippen LogP contribution in [0.3, 0.4) is 0 Å². The van der Waals surface area contributed by atoms with Gasteiger partial charge >= 0.3 is 5.97 Å². The van der Waals surface area contributed by atoms with Crippen molar-refractivity contribution in [1.82, 2.24) is 0 Å². The van der Waals surface area contributed by atoms with Gasteiger partial charge in [-0.05, 0) is 32.9 Å². The average molecular weight is 208 g/mol. The van der Waals surface area contributed by atoms with Gasteiger partial charge in [0.1, 0.15) is 10.5 Å². The summed E-state index contributed by atoms with van der Waals surface area (Å²) in [6, 6.07) is 3.43. The molecule has 0 amide bonds. The predicted octanol–water partition coefficient (Wildman–Crippen LogP) is 2.68. The molecule has 3 heteroatoms. The summed E-state index contributed by atoms with van der Waals surface area (Å²) in [7, 11) is 0. The third-order valence-electron chi connectivity index (χ3n) is 1.35. The second kappa shape index (κ2) is 3.85. The molecule has 2 nitrogen and oxygen atoms in total. The molecule has 0 aliphatic carbocycles. The largest absolute Gasteiger partial charge is 0.456 e. The highest BCUT2D eigenvalue weighted by molar-refractivity contribution is 7.14. The molecule has 0 fully saturated rings. The van der Waals surface area contributed by atoms with Gasteiger partial charge in [0.05, 0.1) is 4.88 Å². The fourth-order valence-corrected chi connectivity index (χ4v) is 1.55. The summed E-state index contributed by atoms with van der Waals surface area (Å²) in [4.78, 5) is 12.8. The summed E-state index contributed by atoms with van der Waals surface area (Å²) in [6.07, 6.45) is 5.20. The van der Waals surface area contributed by atoms with E-state index in [1.807, 2.05) is 20.8 Å². The van der Waals surface area contributed by atoms with Gasteiger partial charge in [0.2, 0.25) is 0 Å². The van der Waals surface area contributed by atoms with E-state index in [0.29, 0.717) is 4.88 Å². The minimum Gasteiger partial charge on any atom is -0.456 e. The van der Waals surface area contributed by atoms with Gasteiger partial charge in [-0.15, -0.1) is 17.8 Å². The Morgan fingerprint density at radius 1 is 1.50 bits per heavy atom. The molecule has 0 aliphatic rings. The molecule has 14 heavy (non-hydrogen) atoms. The third-order valence-corrected chi connectivity index (χ3v) is 2.34. The Kier molecular flexibility index (Phi) is 2.97. The Bertz CT molecular complexity index is 377. The number of ether oxygens (including phenoxy) is 1. The lowest BCUT2D eigenvalue weighted by Gasteiger charge is -2.18. The summed E-state index contributed by atoms with van der Waals surface area (Å²) >= 11 is 1.27. The van der Waals surface area contributed by atoms with Crippen LogP contribution in [0, 0.1) is 12.3 Å². The molecule has 74 valence electrons. The van der Waals surface area contributed by atoms with E-state index in [0.717, 1.165) is 4.88 Å². The zero-order chi connectivity index (χ0) is 10.8. The van der Waals surface area contributed by atoms with Gasteiger partial charge in [0, 0.05) is 0 Å². The normalized spacial score (nSPS) is 10.7. The van der Waals surface area contributed by atoms with Crippen molar-refractivity contribution in [2.24, 2.45) is 0 Å². The van der Waals surface area contributed by atoms with Crippen LogP contribution < -0.4 is 0 Å². The zero-order valence-electron chi connectivity index (χ0n) is 8.46. The van der Waals surface area contributed by atoms with E-state index in [1.165, 1.54) is 11.3 Å². The topological polar surface area (TPSA) is 26.3 Å². The molecule has 1 heterocycles. The van der Waals surface area contributed by atoms with Gasteiger partial charge < -0.3 is 4.74 Å². The molecule has 0 radical (unpaired) electrons. The molecule has 0 aliphatic heterocycles. The second-order valence-electron chi connectivity index (χ2n) is 3.81. The number of rotatable bonds is 1. The summed E-state index contributed by atoms with van der Waals surface area (Å²) < 4.78 is 5.18.